The van der Waals surface area contributed by atoms with Crippen molar-refractivity contribution in [3.63, 3.8) is 0 Å². The van der Waals surface area contributed by atoms with E-state index >= 15 is 0 Å². The van der Waals surface area contributed by atoms with Crippen LogP contribution < -0.4 is 4.18 Å². The number of aryl methyl sites for hydroxylation is 1. The lowest BCUT2D eigenvalue weighted by atomic mass is 10.3. The quantitative estimate of drug-likeness (QED) is 0.583. The van der Waals surface area contributed by atoms with Crippen LogP contribution in [0, 0.1) is 6.92 Å². The number of hydrogen-bond donors (Lipinski definition) is 0. The molecule has 0 N–H and O–H groups in total. The number of aromatic nitrogens is 1. The summed E-state index contributed by atoms with van der Waals surface area (Å²) in [6.07, 6.45) is 2.24. The first kappa shape index (κ1) is 11.8. The van der Waals surface area contributed by atoms with Gasteiger partial charge in [-0.05, 0) is 18.6 Å². The molecule has 0 saturated heterocycles. The fourth-order valence-corrected chi connectivity index (χ4v) is 1.19. The third-order valence-electron chi connectivity index (χ3n) is 1.34. The van der Waals surface area contributed by atoms with E-state index in [1.54, 1.807) is 6.92 Å². The molecule has 1 rings (SSSR count). The Morgan fingerprint density at radius 3 is 2.40 bits per heavy atom. The molecule has 0 aliphatic rings. The highest BCUT2D eigenvalue weighted by Crippen LogP contribution is 2.26. The third kappa shape index (κ3) is 2.82. The zero-order valence-electron chi connectivity index (χ0n) is 7.45. The van der Waals surface area contributed by atoms with Gasteiger partial charge in [-0.2, -0.15) is 21.6 Å². The van der Waals surface area contributed by atoms with Gasteiger partial charge < -0.3 is 4.18 Å². The second-order valence-electron chi connectivity index (χ2n) is 2.68. The van der Waals surface area contributed by atoms with Crippen molar-refractivity contribution >= 4 is 10.1 Å². The van der Waals surface area contributed by atoms with Crippen molar-refractivity contribution in [3.05, 3.63) is 24.0 Å². The molecule has 1 aromatic heterocycles. The summed E-state index contributed by atoms with van der Waals surface area (Å²) in [7, 11) is -5.61. The minimum absolute atomic E-state index is 0.465. The molecule has 0 saturated carbocycles. The van der Waals surface area contributed by atoms with Crippen LogP contribution in [0.5, 0.6) is 5.75 Å². The molecule has 0 radical (unpaired) electrons. The molecule has 0 spiro atoms. The molecule has 0 aliphatic heterocycles. The number of hydrogen-bond acceptors (Lipinski definition) is 4. The predicted molar refractivity (Wildman–Crippen MR) is 44.6 cm³/mol. The molecule has 15 heavy (non-hydrogen) atoms. The number of halogens is 3. The lowest BCUT2D eigenvalue weighted by Crippen LogP contribution is -2.28. The van der Waals surface area contributed by atoms with E-state index in [0.29, 0.717) is 5.56 Å². The van der Waals surface area contributed by atoms with Gasteiger partial charge >= 0.3 is 15.6 Å². The zero-order chi connectivity index (χ0) is 11.7. The number of pyridine rings is 1. The second-order valence-corrected chi connectivity index (χ2v) is 4.22. The molecule has 0 atom stereocenters. The Labute approximate surface area is 83.8 Å². The van der Waals surface area contributed by atoms with Crippen LogP contribution in [0.1, 0.15) is 5.56 Å². The summed E-state index contributed by atoms with van der Waals surface area (Å²) >= 11 is 0. The molecule has 1 heterocycles. The van der Waals surface area contributed by atoms with Gasteiger partial charge in [-0.15, -0.1) is 0 Å². The van der Waals surface area contributed by atoms with Crippen LogP contribution >= 0.6 is 0 Å². The van der Waals surface area contributed by atoms with E-state index in [4.69, 9.17) is 0 Å². The molecule has 0 bridgehead atoms. The summed E-state index contributed by atoms with van der Waals surface area (Å²) < 4.78 is 60.6. The maximum Gasteiger partial charge on any atom is 0.534 e. The Kier molecular flexibility index (Phi) is 2.89. The minimum atomic E-state index is -5.61. The molecular formula is C7H6F3NO3S. The molecule has 0 aromatic carbocycles. The Morgan fingerprint density at radius 1 is 1.33 bits per heavy atom. The van der Waals surface area contributed by atoms with Gasteiger partial charge in [0.15, 0.2) is 5.75 Å². The van der Waals surface area contributed by atoms with E-state index in [0.717, 1.165) is 12.3 Å². The van der Waals surface area contributed by atoms with Gasteiger partial charge in [0.25, 0.3) is 0 Å². The molecule has 0 aliphatic carbocycles. The zero-order valence-corrected chi connectivity index (χ0v) is 8.26. The van der Waals surface area contributed by atoms with Gasteiger partial charge in [-0.3, -0.25) is 4.98 Å². The monoisotopic (exact) mass is 241 g/mol. The first-order valence-corrected chi connectivity index (χ1v) is 5.05. The summed E-state index contributed by atoms with van der Waals surface area (Å²) in [5, 5.41) is 0. The lowest BCUT2D eigenvalue weighted by Gasteiger charge is -2.08. The van der Waals surface area contributed by atoms with E-state index in [2.05, 4.69) is 9.17 Å². The van der Waals surface area contributed by atoms with Crippen LogP contribution in [0.3, 0.4) is 0 Å². The van der Waals surface area contributed by atoms with Crippen LogP contribution in [-0.4, -0.2) is 18.9 Å². The standard InChI is InChI=1S/C7H6F3NO3S/c1-5-2-6(4-11-3-5)14-15(12,13)7(8,9)10/h2-4H,1H3. The lowest BCUT2D eigenvalue weighted by molar-refractivity contribution is -0.0500. The fraction of sp³-hybridized carbons (Fsp3) is 0.286. The maximum atomic E-state index is 11.9. The molecule has 1 aromatic rings. The summed E-state index contributed by atoms with van der Waals surface area (Å²) in [6, 6.07) is 1.14. The summed E-state index contributed by atoms with van der Waals surface area (Å²) in [5.74, 6) is -0.465. The van der Waals surface area contributed by atoms with Crippen molar-refractivity contribution in [2.45, 2.75) is 12.4 Å². The molecule has 0 fully saturated rings. The first-order chi connectivity index (χ1) is 6.72. The van der Waals surface area contributed by atoms with Crippen molar-refractivity contribution in [2.24, 2.45) is 0 Å². The maximum absolute atomic E-state index is 11.9. The van der Waals surface area contributed by atoms with Crippen molar-refractivity contribution in [2.75, 3.05) is 0 Å². The number of rotatable bonds is 2. The third-order valence-corrected chi connectivity index (χ3v) is 2.32. The highest BCUT2D eigenvalue weighted by molar-refractivity contribution is 7.87. The normalized spacial score (nSPS) is 12.5. The first-order valence-electron chi connectivity index (χ1n) is 3.65. The van der Waals surface area contributed by atoms with Crippen molar-refractivity contribution in [1.29, 1.82) is 0 Å². The largest absolute Gasteiger partial charge is 0.534 e. The van der Waals surface area contributed by atoms with Crippen LogP contribution in [0.4, 0.5) is 13.2 Å². The van der Waals surface area contributed by atoms with Crippen LogP contribution in [0.25, 0.3) is 0 Å². The van der Waals surface area contributed by atoms with E-state index in [1.165, 1.54) is 6.20 Å². The molecule has 84 valence electrons. The van der Waals surface area contributed by atoms with Crippen LogP contribution in [-0.2, 0) is 10.1 Å². The highest BCUT2D eigenvalue weighted by Gasteiger charge is 2.48. The Balaban J connectivity index is 2.98. The smallest absolute Gasteiger partial charge is 0.374 e. The van der Waals surface area contributed by atoms with Gasteiger partial charge in [0, 0.05) is 6.20 Å². The molecule has 0 unspecified atom stereocenters. The molecule has 4 nitrogen and oxygen atoms in total. The molecule has 8 heteroatoms. The van der Waals surface area contributed by atoms with Gasteiger partial charge in [-0.25, -0.2) is 0 Å². The summed E-state index contributed by atoms with van der Waals surface area (Å²) in [5.41, 5.74) is -4.94. The molecular weight excluding hydrogens is 235 g/mol. The van der Waals surface area contributed by atoms with E-state index in [-0.39, 0.29) is 0 Å². The summed E-state index contributed by atoms with van der Waals surface area (Å²) in [6.45, 7) is 1.54. The van der Waals surface area contributed by atoms with Crippen LogP contribution in [0.2, 0.25) is 0 Å². The van der Waals surface area contributed by atoms with Crippen molar-refractivity contribution < 1.29 is 25.8 Å². The van der Waals surface area contributed by atoms with E-state index in [9.17, 15) is 21.6 Å². The van der Waals surface area contributed by atoms with Gasteiger partial charge in [0.1, 0.15) is 0 Å². The fourth-order valence-electron chi connectivity index (χ4n) is 0.747. The minimum Gasteiger partial charge on any atom is -0.374 e. The van der Waals surface area contributed by atoms with Gasteiger partial charge in [0.05, 0.1) is 6.20 Å². The number of alkyl halides is 3. The highest BCUT2D eigenvalue weighted by atomic mass is 32.2. The predicted octanol–water partition coefficient (Wildman–Crippen LogP) is 1.62. The van der Waals surface area contributed by atoms with Crippen molar-refractivity contribution in [3.8, 4) is 5.75 Å². The Hall–Kier alpha value is -1.31. The Bertz CT molecular complexity index is 455. The molecule has 0 amide bonds. The SMILES string of the molecule is Cc1cncc(OS(=O)(=O)C(F)(F)F)c1. The average Bonchev–Trinajstić information content (AvgIpc) is 2.00. The summed E-state index contributed by atoms with van der Waals surface area (Å²) in [4.78, 5) is 3.49. The average molecular weight is 241 g/mol. The second kappa shape index (κ2) is 3.69. The van der Waals surface area contributed by atoms with E-state index < -0.39 is 21.4 Å². The van der Waals surface area contributed by atoms with Crippen LogP contribution in [0.15, 0.2) is 18.5 Å². The van der Waals surface area contributed by atoms with E-state index in [1.807, 2.05) is 0 Å². The van der Waals surface area contributed by atoms with Gasteiger partial charge in [0.2, 0.25) is 0 Å². The Morgan fingerprint density at radius 2 is 1.93 bits per heavy atom. The van der Waals surface area contributed by atoms with Crippen molar-refractivity contribution in [1.82, 2.24) is 4.98 Å². The number of nitrogens with zero attached hydrogens (tertiary/aromatic N) is 1. The van der Waals surface area contributed by atoms with Gasteiger partial charge in [-0.1, -0.05) is 0 Å². The topological polar surface area (TPSA) is 56.3 Å².